The fraction of sp³-hybridized carbons (Fsp3) is 0.611. The summed E-state index contributed by atoms with van der Waals surface area (Å²) in [6.45, 7) is 0.909. The molecule has 0 aromatic heterocycles. The fourth-order valence-electron chi connectivity index (χ4n) is 3.64. The first-order valence-electron chi connectivity index (χ1n) is 8.29. The minimum absolute atomic E-state index is 0.203. The van der Waals surface area contributed by atoms with Crippen molar-refractivity contribution in [2.24, 2.45) is 5.73 Å². The summed E-state index contributed by atoms with van der Waals surface area (Å²) in [5.41, 5.74) is 7.39. The summed E-state index contributed by atoms with van der Waals surface area (Å²) < 4.78 is 0. The highest BCUT2D eigenvalue weighted by molar-refractivity contribution is 5.78. The Balaban J connectivity index is 1.64. The van der Waals surface area contributed by atoms with Gasteiger partial charge >= 0.3 is 0 Å². The minimum Gasteiger partial charge on any atom is -0.339 e. The van der Waals surface area contributed by atoms with Gasteiger partial charge in [-0.1, -0.05) is 30.3 Å². The molecule has 0 radical (unpaired) electrons. The lowest BCUT2D eigenvalue weighted by Gasteiger charge is -2.42. The molecule has 3 heteroatoms. The number of rotatable bonds is 4. The van der Waals surface area contributed by atoms with E-state index in [1.807, 2.05) is 6.07 Å². The summed E-state index contributed by atoms with van der Waals surface area (Å²) in [7, 11) is 0. The normalized spacial score (nSPS) is 24.4. The molecule has 1 aliphatic carbocycles. The van der Waals surface area contributed by atoms with Crippen molar-refractivity contribution in [1.82, 2.24) is 4.90 Å². The highest BCUT2D eigenvalue weighted by Crippen LogP contribution is 2.33. The van der Waals surface area contributed by atoms with Crippen LogP contribution in [0.2, 0.25) is 0 Å². The van der Waals surface area contributed by atoms with Crippen molar-refractivity contribution in [2.75, 3.05) is 6.54 Å². The summed E-state index contributed by atoms with van der Waals surface area (Å²) >= 11 is 0. The molecule has 1 aliphatic heterocycles. The largest absolute Gasteiger partial charge is 0.339 e. The summed E-state index contributed by atoms with van der Waals surface area (Å²) in [6.07, 6.45) is 8.20. The lowest BCUT2D eigenvalue weighted by molar-refractivity contribution is -0.136. The molecule has 3 nitrogen and oxygen atoms in total. The van der Waals surface area contributed by atoms with Crippen LogP contribution in [0.1, 0.15) is 50.5 Å². The Morgan fingerprint density at radius 2 is 1.95 bits per heavy atom. The number of carbonyl (C=O) groups is 1. The predicted molar refractivity (Wildman–Crippen MR) is 84.9 cm³/mol. The molecule has 1 unspecified atom stereocenters. The standard InChI is InChI=1S/C18H26N2O/c19-18(10-6-11-18)14-17(21)20-12-5-4-9-16(20)13-15-7-2-1-3-8-15/h1-3,7-8,16H,4-6,9-14,19H2. The average molecular weight is 286 g/mol. The molecule has 21 heavy (non-hydrogen) atoms. The van der Waals surface area contributed by atoms with E-state index in [9.17, 15) is 4.79 Å². The van der Waals surface area contributed by atoms with Gasteiger partial charge in [-0.3, -0.25) is 4.79 Å². The molecular formula is C18H26N2O. The Morgan fingerprint density at radius 1 is 1.19 bits per heavy atom. The Labute approximate surface area is 127 Å². The van der Waals surface area contributed by atoms with Crippen LogP contribution in [-0.4, -0.2) is 28.9 Å². The maximum absolute atomic E-state index is 12.7. The number of nitrogens with zero attached hydrogens (tertiary/aromatic N) is 1. The zero-order chi connectivity index (χ0) is 14.7. The lowest BCUT2D eigenvalue weighted by atomic mass is 9.75. The van der Waals surface area contributed by atoms with E-state index < -0.39 is 0 Å². The molecule has 1 heterocycles. The van der Waals surface area contributed by atoms with Crippen LogP contribution in [0.25, 0.3) is 0 Å². The molecule has 2 fully saturated rings. The number of piperidine rings is 1. The first-order valence-corrected chi connectivity index (χ1v) is 8.29. The molecule has 1 amide bonds. The van der Waals surface area contributed by atoms with E-state index in [1.165, 1.54) is 18.4 Å². The van der Waals surface area contributed by atoms with Gasteiger partial charge in [0.1, 0.15) is 0 Å². The van der Waals surface area contributed by atoms with Gasteiger partial charge < -0.3 is 10.6 Å². The van der Waals surface area contributed by atoms with Crippen molar-refractivity contribution in [1.29, 1.82) is 0 Å². The maximum atomic E-state index is 12.7. The first kappa shape index (κ1) is 14.6. The van der Waals surface area contributed by atoms with Crippen molar-refractivity contribution in [2.45, 2.75) is 62.9 Å². The molecule has 1 aromatic rings. The molecule has 2 aliphatic rings. The van der Waals surface area contributed by atoms with Crippen LogP contribution in [0.4, 0.5) is 0 Å². The fourth-order valence-corrected chi connectivity index (χ4v) is 3.64. The zero-order valence-corrected chi connectivity index (χ0v) is 12.8. The third-order valence-corrected chi connectivity index (χ3v) is 5.11. The second-order valence-electron chi connectivity index (χ2n) is 6.82. The summed E-state index contributed by atoms with van der Waals surface area (Å²) in [5, 5.41) is 0. The zero-order valence-electron chi connectivity index (χ0n) is 12.8. The van der Waals surface area contributed by atoms with E-state index in [0.717, 1.165) is 38.6 Å². The Kier molecular flexibility index (Phi) is 4.29. The minimum atomic E-state index is -0.203. The number of likely N-dealkylation sites (tertiary alicyclic amines) is 1. The van der Waals surface area contributed by atoms with Crippen molar-refractivity contribution < 1.29 is 4.79 Å². The number of benzene rings is 1. The Morgan fingerprint density at radius 3 is 2.62 bits per heavy atom. The Bertz CT molecular complexity index is 481. The van der Waals surface area contributed by atoms with Gasteiger partial charge in [-0.2, -0.15) is 0 Å². The Hall–Kier alpha value is -1.35. The molecule has 3 rings (SSSR count). The van der Waals surface area contributed by atoms with Gasteiger partial charge in [0.05, 0.1) is 0 Å². The van der Waals surface area contributed by atoms with Gasteiger partial charge in [-0.05, 0) is 50.5 Å². The van der Waals surface area contributed by atoms with Crippen molar-refractivity contribution in [3.8, 4) is 0 Å². The van der Waals surface area contributed by atoms with Gasteiger partial charge in [-0.15, -0.1) is 0 Å². The summed E-state index contributed by atoms with van der Waals surface area (Å²) in [4.78, 5) is 14.8. The van der Waals surface area contributed by atoms with E-state index in [2.05, 4.69) is 29.2 Å². The molecule has 1 aromatic carbocycles. The number of carbonyl (C=O) groups excluding carboxylic acids is 1. The van der Waals surface area contributed by atoms with E-state index >= 15 is 0 Å². The maximum Gasteiger partial charge on any atom is 0.224 e. The van der Waals surface area contributed by atoms with Crippen molar-refractivity contribution in [3.05, 3.63) is 35.9 Å². The van der Waals surface area contributed by atoms with Gasteiger partial charge in [0.15, 0.2) is 0 Å². The SMILES string of the molecule is NC1(CC(=O)N2CCCCC2Cc2ccccc2)CCC1. The highest BCUT2D eigenvalue weighted by Gasteiger charge is 2.37. The average Bonchev–Trinajstić information content (AvgIpc) is 2.47. The van der Waals surface area contributed by atoms with E-state index in [1.54, 1.807) is 0 Å². The van der Waals surface area contributed by atoms with Crippen LogP contribution >= 0.6 is 0 Å². The van der Waals surface area contributed by atoms with Crippen LogP contribution < -0.4 is 5.73 Å². The van der Waals surface area contributed by atoms with E-state index in [-0.39, 0.29) is 11.4 Å². The molecule has 1 atom stereocenters. The smallest absolute Gasteiger partial charge is 0.224 e. The highest BCUT2D eigenvalue weighted by atomic mass is 16.2. The van der Waals surface area contributed by atoms with Gasteiger partial charge in [0.25, 0.3) is 0 Å². The topological polar surface area (TPSA) is 46.3 Å². The second-order valence-corrected chi connectivity index (χ2v) is 6.82. The molecule has 2 N–H and O–H groups in total. The van der Waals surface area contributed by atoms with Gasteiger partial charge in [0, 0.05) is 24.5 Å². The number of hydrogen-bond acceptors (Lipinski definition) is 2. The second kappa shape index (κ2) is 6.18. The van der Waals surface area contributed by atoms with Crippen LogP contribution in [0.3, 0.4) is 0 Å². The van der Waals surface area contributed by atoms with E-state index in [4.69, 9.17) is 5.73 Å². The first-order chi connectivity index (χ1) is 10.2. The van der Waals surface area contributed by atoms with Crippen molar-refractivity contribution in [3.63, 3.8) is 0 Å². The predicted octanol–water partition coefficient (Wildman–Crippen LogP) is 2.88. The third-order valence-electron chi connectivity index (χ3n) is 5.11. The molecule has 0 bridgehead atoms. The number of hydrogen-bond donors (Lipinski definition) is 1. The van der Waals surface area contributed by atoms with Gasteiger partial charge in [0.2, 0.25) is 5.91 Å². The quantitative estimate of drug-likeness (QED) is 0.925. The summed E-state index contributed by atoms with van der Waals surface area (Å²) in [6, 6.07) is 10.9. The van der Waals surface area contributed by atoms with Crippen LogP contribution in [0.15, 0.2) is 30.3 Å². The van der Waals surface area contributed by atoms with Crippen LogP contribution in [0, 0.1) is 0 Å². The number of nitrogens with two attached hydrogens (primary N) is 1. The summed E-state index contributed by atoms with van der Waals surface area (Å²) in [5.74, 6) is 0.276. The molecule has 114 valence electrons. The third kappa shape index (κ3) is 3.46. The van der Waals surface area contributed by atoms with Crippen LogP contribution in [-0.2, 0) is 11.2 Å². The molecule has 0 spiro atoms. The molecular weight excluding hydrogens is 260 g/mol. The van der Waals surface area contributed by atoms with Gasteiger partial charge in [-0.25, -0.2) is 0 Å². The molecule has 1 saturated heterocycles. The lowest BCUT2D eigenvalue weighted by Crippen LogP contribution is -2.53. The van der Waals surface area contributed by atoms with E-state index in [0.29, 0.717) is 12.5 Å². The van der Waals surface area contributed by atoms with Crippen molar-refractivity contribution >= 4 is 5.91 Å². The monoisotopic (exact) mass is 286 g/mol. The molecule has 1 saturated carbocycles. The van der Waals surface area contributed by atoms with Crippen LogP contribution in [0.5, 0.6) is 0 Å². The number of amides is 1.